The first-order valence-electron chi connectivity index (χ1n) is 10.8. The number of phenolic OH excluding ortho intramolecular Hbond substituents is 1. The molecule has 6 unspecified atom stereocenters. The summed E-state index contributed by atoms with van der Waals surface area (Å²) in [7, 11) is 1.45. The molecule has 2 saturated carbocycles. The Morgan fingerprint density at radius 2 is 1.84 bits per heavy atom. The summed E-state index contributed by atoms with van der Waals surface area (Å²) in [6.45, 7) is 6.71. The van der Waals surface area contributed by atoms with Gasteiger partial charge in [0, 0.05) is 23.0 Å². The lowest BCUT2D eigenvalue weighted by molar-refractivity contribution is -0.276. The Hall–Kier alpha value is -2.13. The largest absolute Gasteiger partial charge is 0.507 e. The zero-order valence-corrected chi connectivity index (χ0v) is 19.0. The average Bonchev–Trinajstić information content (AvgIpc) is 2.87. The quantitative estimate of drug-likeness (QED) is 0.345. The van der Waals surface area contributed by atoms with Crippen molar-refractivity contribution in [3.05, 3.63) is 34.9 Å². The van der Waals surface area contributed by atoms with Crippen molar-refractivity contribution in [3.63, 3.8) is 0 Å². The Labute approximate surface area is 187 Å². The Bertz CT molecular complexity index is 977. The van der Waals surface area contributed by atoms with Gasteiger partial charge < -0.3 is 35.0 Å². The summed E-state index contributed by atoms with van der Waals surface area (Å²) in [5.41, 5.74) is -4.13. The first kappa shape index (κ1) is 23.0. The van der Waals surface area contributed by atoms with E-state index in [0.717, 1.165) is 0 Å². The summed E-state index contributed by atoms with van der Waals surface area (Å²) < 4.78 is 10.5. The standard InChI is InChI=1S/C24H32O8/c1-12-6-14(31-5)7-15(25)17(12)20(28)32-10-13-8-23(29)11-21(2,3)19(27)18(23)22(4)9-16(26)24(13,22)30/h6-8,16,18-19,25-27,29-30H,9-11H2,1-5H3. The molecule has 176 valence electrons. The molecule has 5 N–H and O–H groups in total. The van der Waals surface area contributed by atoms with Crippen LogP contribution >= 0.6 is 0 Å². The highest BCUT2D eigenvalue weighted by molar-refractivity contribution is 5.94. The summed E-state index contributed by atoms with van der Waals surface area (Å²) in [5.74, 6) is -1.38. The van der Waals surface area contributed by atoms with E-state index in [2.05, 4.69) is 0 Å². The fourth-order valence-corrected chi connectivity index (χ4v) is 6.51. The van der Waals surface area contributed by atoms with Gasteiger partial charge in [0.05, 0.1) is 24.9 Å². The Balaban J connectivity index is 1.66. The molecule has 0 aliphatic heterocycles. The minimum atomic E-state index is -1.75. The van der Waals surface area contributed by atoms with Crippen molar-refractivity contribution in [2.45, 2.75) is 63.9 Å². The summed E-state index contributed by atoms with van der Waals surface area (Å²) >= 11 is 0. The van der Waals surface area contributed by atoms with Crippen molar-refractivity contribution in [1.82, 2.24) is 0 Å². The van der Waals surface area contributed by atoms with E-state index in [1.54, 1.807) is 19.9 Å². The maximum Gasteiger partial charge on any atom is 0.342 e. The van der Waals surface area contributed by atoms with E-state index in [1.165, 1.54) is 19.3 Å². The van der Waals surface area contributed by atoms with Crippen LogP contribution in [0.25, 0.3) is 0 Å². The minimum absolute atomic E-state index is 0.0277. The summed E-state index contributed by atoms with van der Waals surface area (Å²) in [5, 5.41) is 54.8. The molecule has 0 saturated heterocycles. The first-order valence-corrected chi connectivity index (χ1v) is 10.8. The highest BCUT2D eigenvalue weighted by Crippen LogP contribution is 2.69. The van der Waals surface area contributed by atoms with Crippen molar-refractivity contribution in [2.75, 3.05) is 13.7 Å². The number of rotatable bonds is 4. The summed E-state index contributed by atoms with van der Waals surface area (Å²) in [4.78, 5) is 12.8. The Morgan fingerprint density at radius 1 is 1.19 bits per heavy atom. The monoisotopic (exact) mass is 448 g/mol. The van der Waals surface area contributed by atoms with Crippen LogP contribution in [0, 0.1) is 23.7 Å². The van der Waals surface area contributed by atoms with Crippen LogP contribution in [0.15, 0.2) is 23.8 Å². The molecule has 8 nitrogen and oxygen atoms in total. The molecule has 0 heterocycles. The lowest BCUT2D eigenvalue weighted by Crippen LogP contribution is -2.75. The number of aliphatic hydroxyl groups excluding tert-OH is 2. The van der Waals surface area contributed by atoms with Gasteiger partial charge in [-0.25, -0.2) is 4.79 Å². The van der Waals surface area contributed by atoms with E-state index in [1.807, 2.05) is 13.8 Å². The second-order valence-electron chi connectivity index (χ2n) is 10.6. The number of carbonyl (C=O) groups is 1. The highest BCUT2D eigenvalue weighted by atomic mass is 16.5. The number of aliphatic hydroxyl groups is 4. The normalized spacial score (nSPS) is 39.4. The topological polar surface area (TPSA) is 137 Å². The number of aromatic hydroxyl groups is 1. The van der Waals surface area contributed by atoms with Crippen molar-refractivity contribution in [2.24, 2.45) is 16.7 Å². The molecule has 3 aliphatic carbocycles. The van der Waals surface area contributed by atoms with E-state index < -0.39 is 46.1 Å². The molecule has 8 heteroatoms. The second-order valence-corrected chi connectivity index (χ2v) is 10.6. The molecule has 4 rings (SSSR count). The smallest absolute Gasteiger partial charge is 0.342 e. The van der Waals surface area contributed by atoms with Gasteiger partial charge in [0.1, 0.15) is 29.3 Å². The Morgan fingerprint density at radius 3 is 2.41 bits per heavy atom. The lowest BCUT2D eigenvalue weighted by Gasteiger charge is -2.66. The third kappa shape index (κ3) is 2.86. The minimum Gasteiger partial charge on any atom is -0.507 e. The van der Waals surface area contributed by atoms with Crippen molar-refractivity contribution in [1.29, 1.82) is 0 Å². The predicted molar refractivity (Wildman–Crippen MR) is 114 cm³/mol. The lowest BCUT2D eigenvalue weighted by atomic mass is 9.43. The fourth-order valence-electron chi connectivity index (χ4n) is 6.51. The van der Waals surface area contributed by atoms with Gasteiger partial charge in [-0.15, -0.1) is 0 Å². The number of ether oxygens (including phenoxy) is 2. The van der Waals surface area contributed by atoms with E-state index in [4.69, 9.17) is 9.47 Å². The third-order valence-electron chi connectivity index (χ3n) is 8.05. The predicted octanol–water partition coefficient (Wildman–Crippen LogP) is 1.45. The molecule has 3 aliphatic rings. The SMILES string of the molecule is COc1cc(C)c(C(=O)OCC2=CC3(O)CC(C)(C)C(O)C3C3(C)CC(O)C23O)c(O)c1. The van der Waals surface area contributed by atoms with Crippen molar-refractivity contribution >= 4 is 5.97 Å². The number of benzene rings is 1. The number of fused-ring (bicyclic) bond motifs is 3. The van der Waals surface area contributed by atoms with Crippen LogP contribution in [0.2, 0.25) is 0 Å². The number of hydrogen-bond donors (Lipinski definition) is 5. The van der Waals surface area contributed by atoms with Gasteiger partial charge in [0.15, 0.2) is 0 Å². The fraction of sp³-hybridized carbons (Fsp3) is 0.625. The van der Waals surface area contributed by atoms with E-state index >= 15 is 0 Å². The molecular formula is C24H32O8. The van der Waals surface area contributed by atoms with Crippen molar-refractivity contribution < 1.29 is 39.8 Å². The van der Waals surface area contributed by atoms with Crippen LogP contribution in [-0.4, -0.2) is 68.6 Å². The molecule has 0 bridgehead atoms. The molecule has 32 heavy (non-hydrogen) atoms. The van der Waals surface area contributed by atoms with Gasteiger partial charge in [-0.2, -0.15) is 0 Å². The Kier molecular flexibility index (Phi) is 4.99. The van der Waals surface area contributed by atoms with Crippen LogP contribution in [0.3, 0.4) is 0 Å². The highest BCUT2D eigenvalue weighted by Gasteiger charge is 2.76. The van der Waals surface area contributed by atoms with E-state index in [9.17, 15) is 30.3 Å². The van der Waals surface area contributed by atoms with Crippen LogP contribution in [0.1, 0.15) is 49.5 Å². The number of phenols is 1. The zero-order valence-electron chi connectivity index (χ0n) is 19.0. The average molecular weight is 449 g/mol. The molecule has 6 atom stereocenters. The molecular weight excluding hydrogens is 416 g/mol. The number of hydrogen-bond acceptors (Lipinski definition) is 8. The summed E-state index contributed by atoms with van der Waals surface area (Å²) in [6.07, 6.45) is -0.0744. The van der Waals surface area contributed by atoms with Gasteiger partial charge in [-0.05, 0) is 42.9 Å². The van der Waals surface area contributed by atoms with Gasteiger partial charge in [0.2, 0.25) is 0 Å². The van der Waals surface area contributed by atoms with Crippen LogP contribution in [0.5, 0.6) is 11.5 Å². The number of methoxy groups -OCH3 is 1. The van der Waals surface area contributed by atoms with Crippen LogP contribution < -0.4 is 4.74 Å². The number of carbonyl (C=O) groups excluding carboxylic acids is 1. The van der Waals surface area contributed by atoms with Crippen LogP contribution in [0.4, 0.5) is 0 Å². The van der Waals surface area contributed by atoms with Gasteiger partial charge in [-0.1, -0.05) is 20.8 Å². The van der Waals surface area contributed by atoms with E-state index in [0.29, 0.717) is 11.3 Å². The molecule has 0 amide bonds. The molecule has 0 radical (unpaired) electrons. The maximum atomic E-state index is 12.8. The molecule has 2 fully saturated rings. The molecule has 1 aromatic rings. The molecule has 0 spiro atoms. The van der Waals surface area contributed by atoms with Gasteiger partial charge in [-0.3, -0.25) is 0 Å². The second kappa shape index (κ2) is 6.93. The van der Waals surface area contributed by atoms with E-state index in [-0.39, 0.29) is 36.3 Å². The molecule has 0 aromatic heterocycles. The van der Waals surface area contributed by atoms with Gasteiger partial charge in [0.25, 0.3) is 0 Å². The first-order chi connectivity index (χ1) is 14.7. The number of esters is 1. The zero-order chi connectivity index (χ0) is 23.9. The van der Waals surface area contributed by atoms with Gasteiger partial charge >= 0.3 is 5.97 Å². The number of aryl methyl sites for hydroxylation is 1. The van der Waals surface area contributed by atoms with Crippen LogP contribution in [-0.2, 0) is 4.74 Å². The van der Waals surface area contributed by atoms with Crippen molar-refractivity contribution in [3.8, 4) is 11.5 Å². The maximum absolute atomic E-state index is 12.8. The third-order valence-corrected chi connectivity index (χ3v) is 8.05. The summed E-state index contributed by atoms with van der Waals surface area (Å²) in [6, 6.07) is 2.89. The molecule has 1 aromatic carbocycles.